The van der Waals surface area contributed by atoms with Crippen LogP contribution in [0.5, 0.6) is 0 Å². The normalized spacial score (nSPS) is 14.6. The van der Waals surface area contributed by atoms with Gasteiger partial charge in [-0.1, -0.05) is 31.9 Å². The van der Waals surface area contributed by atoms with Crippen molar-refractivity contribution in [3.8, 4) is 0 Å². The third-order valence-electron chi connectivity index (χ3n) is 5.21. The second kappa shape index (κ2) is 8.88. The Kier molecular flexibility index (Phi) is 6.31. The molecule has 0 radical (unpaired) electrons. The zero-order chi connectivity index (χ0) is 18.4. The van der Waals surface area contributed by atoms with Crippen LogP contribution in [0.4, 0.5) is 17.5 Å². The Morgan fingerprint density at radius 1 is 1.00 bits per heavy atom. The zero-order valence-corrected chi connectivity index (χ0v) is 16.3. The van der Waals surface area contributed by atoms with E-state index in [4.69, 9.17) is 4.98 Å². The number of anilines is 3. The highest BCUT2D eigenvalue weighted by Crippen LogP contribution is 2.24. The Labute approximate surface area is 157 Å². The fourth-order valence-corrected chi connectivity index (χ4v) is 3.42. The molecular weight excluding hydrogens is 322 g/mol. The summed E-state index contributed by atoms with van der Waals surface area (Å²) < 4.78 is 0. The monoisotopic (exact) mass is 353 g/mol. The second-order valence-electron chi connectivity index (χ2n) is 7.07. The molecule has 0 unspecified atom stereocenters. The number of aromatic nitrogens is 2. The van der Waals surface area contributed by atoms with E-state index < -0.39 is 0 Å². The molecule has 1 N–H and O–H groups in total. The number of piperazine rings is 1. The van der Waals surface area contributed by atoms with Gasteiger partial charge in [-0.2, -0.15) is 4.98 Å². The first-order valence-electron chi connectivity index (χ1n) is 9.82. The summed E-state index contributed by atoms with van der Waals surface area (Å²) in [4.78, 5) is 14.0. The average molecular weight is 354 g/mol. The summed E-state index contributed by atoms with van der Waals surface area (Å²) in [6.07, 6.45) is 5.54. The highest BCUT2D eigenvalue weighted by Gasteiger charge is 2.20. The molecule has 5 nitrogen and oxygen atoms in total. The van der Waals surface area contributed by atoms with Crippen LogP contribution in [-0.4, -0.2) is 42.7 Å². The molecule has 140 valence electrons. The number of unbranched alkanes of at least 4 members (excludes halogenated alkanes) is 2. The summed E-state index contributed by atoms with van der Waals surface area (Å²) >= 11 is 0. The lowest BCUT2D eigenvalue weighted by Crippen LogP contribution is -2.47. The summed E-state index contributed by atoms with van der Waals surface area (Å²) in [5.74, 6) is 1.77. The third kappa shape index (κ3) is 4.45. The highest BCUT2D eigenvalue weighted by atomic mass is 15.3. The summed E-state index contributed by atoms with van der Waals surface area (Å²) in [6, 6.07) is 8.53. The van der Waals surface area contributed by atoms with E-state index in [9.17, 15) is 0 Å². The van der Waals surface area contributed by atoms with Gasteiger partial charge >= 0.3 is 0 Å². The number of nitrogens with one attached hydrogen (secondary N) is 1. The van der Waals surface area contributed by atoms with Crippen LogP contribution in [0.3, 0.4) is 0 Å². The fraction of sp³-hybridized carbons (Fsp3) is 0.524. The maximum atomic E-state index is 4.71. The lowest BCUT2D eigenvalue weighted by Gasteiger charge is -2.37. The predicted octanol–water partition coefficient (Wildman–Crippen LogP) is 4.02. The molecule has 1 fully saturated rings. The third-order valence-corrected chi connectivity index (χ3v) is 5.21. The Morgan fingerprint density at radius 3 is 2.54 bits per heavy atom. The van der Waals surface area contributed by atoms with Crippen molar-refractivity contribution in [3.05, 3.63) is 41.6 Å². The molecule has 1 aromatic heterocycles. The molecule has 0 saturated carbocycles. The second-order valence-corrected chi connectivity index (χ2v) is 7.07. The first kappa shape index (κ1) is 18.5. The molecule has 2 aromatic rings. The molecule has 0 spiro atoms. The number of rotatable bonds is 7. The molecule has 1 saturated heterocycles. The molecule has 2 heterocycles. The molecule has 5 heteroatoms. The molecule has 1 aromatic carbocycles. The van der Waals surface area contributed by atoms with Crippen LogP contribution in [0.15, 0.2) is 30.5 Å². The molecule has 0 amide bonds. The number of hydrogen-bond acceptors (Lipinski definition) is 5. The van der Waals surface area contributed by atoms with Gasteiger partial charge in [0.05, 0.1) is 0 Å². The van der Waals surface area contributed by atoms with E-state index >= 15 is 0 Å². The van der Waals surface area contributed by atoms with E-state index in [1.807, 2.05) is 12.3 Å². The average Bonchev–Trinajstić information content (AvgIpc) is 2.68. The number of benzene rings is 1. The van der Waals surface area contributed by atoms with Crippen LogP contribution in [0, 0.1) is 13.8 Å². The van der Waals surface area contributed by atoms with Crippen LogP contribution in [0.1, 0.15) is 37.3 Å². The number of hydrogen-bond donors (Lipinski definition) is 1. The van der Waals surface area contributed by atoms with Gasteiger partial charge in [-0.15, -0.1) is 0 Å². The van der Waals surface area contributed by atoms with Crippen molar-refractivity contribution in [3.63, 3.8) is 0 Å². The Morgan fingerprint density at radius 2 is 1.77 bits per heavy atom. The lowest BCUT2D eigenvalue weighted by atomic mass is 10.1. The van der Waals surface area contributed by atoms with Crippen molar-refractivity contribution in [2.45, 2.75) is 40.0 Å². The minimum Gasteiger partial charge on any atom is -0.370 e. The summed E-state index contributed by atoms with van der Waals surface area (Å²) in [5.41, 5.74) is 4.10. The fourth-order valence-electron chi connectivity index (χ4n) is 3.42. The van der Waals surface area contributed by atoms with Crippen molar-refractivity contribution in [2.24, 2.45) is 0 Å². The molecule has 1 aliphatic heterocycles. The van der Waals surface area contributed by atoms with Crippen LogP contribution in [0.2, 0.25) is 0 Å². The predicted molar refractivity (Wildman–Crippen MR) is 110 cm³/mol. The Hall–Kier alpha value is -2.30. The molecule has 0 bridgehead atoms. The number of aryl methyl sites for hydroxylation is 1. The van der Waals surface area contributed by atoms with E-state index in [1.165, 1.54) is 36.1 Å². The Bertz CT molecular complexity index is 707. The molecule has 3 rings (SSSR count). The summed E-state index contributed by atoms with van der Waals surface area (Å²) in [5, 5.41) is 3.42. The van der Waals surface area contributed by atoms with Gasteiger partial charge in [0.2, 0.25) is 5.95 Å². The van der Waals surface area contributed by atoms with Crippen molar-refractivity contribution >= 4 is 17.5 Å². The summed E-state index contributed by atoms with van der Waals surface area (Å²) in [7, 11) is 0. The van der Waals surface area contributed by atoms with Crippen LogP contribution in [0.25, 0.3) is 0 Å². The van der Waals surface area contributed by atoms with Gasteiger partial charge in [-0.25, -0.2) is 4.98 Å². The van der Waals surface area contributed by atoms with Crippen LogP contribution < -0.4 is 15.1 Å². The summed E-state index contributed by atoms with van der Waals surface area (Å²) in [6.45, 7) is 11.5. The smallest absolute Gasteiger partial charge is 0.227 e. The maximum absolute atomic E-state index is 4.71. The van der Waals surface area contributed by atoms with Crippen LogP contribution in [-0.2, 0) is 0 Å². The quantitative estimate of drug-likeness (QED) is 0.762. The molecule has 1 aliphatic rings. The lowest BCUT2D eigenvalue weighted by molar-refractivity contribution is 0.639. The zero-order valence-electron chi connectivity index (χ0n) is 16.3. The SMILES string of the molecule is CCCCCNc1ccnc(N2CCN(c3cccc(C)c3C)CC2)n1. The van der Waals surface area contributed by atoms with Gasteiger partial charge < -0.3 is 15.1 Å². The molecular formula is C21H31N5. The van der Waals surface area contributed by atoms with Gasteiger partial charge in [-0.3, -0.25) is 0 Å². The van der Waals surface area contributed by atoms with E-state index in [2.05, 4.69) is 59.1 Å². The van der Waals surface area contributed by atoms with E-state index in [1.54, 1.807) is 0 Å². The number of nitrogens with zero attached hydrogens (tertiary/aromatic N) is 4. The van der Waals surface area contributed by atoms with E-state index in [-0.39, 0.29) is 0 Å². The molecule has 0 atom stereocenters. The van der Waals surface area contributed by atoms with E-state index in [0.29, 0.717) is 0 Å². The van der Waals surface area contributed by atoms with Gasteiger partial charge in [0.15, 0.2) is 0 Å². The molecule has 26 heavy (non-hydrogen) atoms. The van der Waals surface area contributed by atoms with Gasteiger partial charge in [0, 0.05) is 44.6 Å². The van der Waals surface area contributed by atoms with E-state index in [0.717, 1.165) is 44.5 Å². The van der Waals surface area contributed by atoms with Crippen molar-refractivity contribution < 1.29 is 0 Å². The van der Waals surface area contributed by atoms with Crippen LogP contribution >= 0.6 is 0 Å². The van der Waals surface area contributed by atoms with Gasteiger partial charge in [0.1, 0.15) is 5.82 Å². The molecule has 0 aliphatic carbocycles. The van der Waals surface area contributed by atoms with Crippen molar-refractivity contribution in [1.82, 2.24) is 9.97 Å². The van der Waals surface area contributed by atoms with Gasteiger partial charge in [0.25, 0.3) is 0 Å². The highest BCUT2D eigenvalue weighted by molar-refractivity contribution is 5.57. The van der Waals surface area contributed by atoms with Crippen molar-refractivity contribution in [1.29, 1.82) is 0 Å². The largest absolute Gasteiger partial charge is 0.370 e. The minimum atomic E-state index is 0.839. The standard InChI is InChI=1S/C21H31N5/c1-4-5-6-11-22-20-10-12-23-21(24-20)26-15-13-25(14-16-26)19-9-7-8-17(2)18(19)3/h7-10,12H,4-6,11,13-16H2,1-3H3,(H,22,23,24). The first-order valence-corrected chi connectivity index (χ1v) is 9.82. The topological polar surface area (TPSA) is 44.3 Å². The Balaban J connectivity index is 1.58. The first-order chi connectivity index (χ1) is 12.7. The minimum absolute atomic E-state index is 0.839. The van der Waals surface area contributed by atoms with Gasteiger partial charge in [-0.05, 0) is 43.5 Å². The maximum Gasteiger partial charge on any atom is 0.227 e. The van der Waals surface area contributed by atoms with Crippen molar-refractivity contribution in [2.75, 3.05) is 47.8 Å².